The fraction of sp³-hybridized carbons (Fsp3) is 0.100. The Morgan fingerprint density at radius 3 is 2.06 bits per heavy atom. The van der Waals surface area contributed by atoms with Crippen LogP contribution in [-0.2, 0) is 6.42 Å². The van der Waals surface area contributed by atoms with Crippen molar-refractivity contribution in [3.05, 3.63) is 208 Å². The Balaban J connectivity index is 1.21. The van der Waals surface area contributed by atoms with Gasteiger partial charge in [-0.1, -0.05) is 169 Å². The maximum absolute atomic E-state index is 10.4. The fourth-order valence-corrected chi connectivity index (χ4v) is 10.5. The van der Waals surface area contributed by atoms with Gasteiger partial charge in [-0.2, -0.15) is 0 Å². The molecular formula is C60H42N2S. The van der Waals surface area contributed by atoms with E-state index in [1.165, 1.54) is 0 Å². The molecule has 298 valence electrons. The molecule has 0 N–H and O–H groups in total. The second kappa shape index (κ2) is 14.7. The third-order valence-electron chi connectivity index (χ3n) is 12.0. The van der Waals surface area contributed by atoms with Crippen molar-refractivity contribution in [3.8, 4) is 32.7 Å². The first kappa shape index (κ1) is 20.3. The van der Waals surface area contributed by atoms with Crippen LogP contribution in [0.3, 0.4) is 0 Å². The first-order valence-corrected chi connectivity index (χ1v) is 21.2. The third-order valence-corrected chi connectivity index (χ3v) is 13.2. The van der Waals surface area contributed by atoms with Gasteiger partial charge in [-0.15, -0.1) is 11.3 Å². The van der Waals surface area contributed by atoms with E-state index in [4.69, 9.17) is 18.7 Å². The second-order valence-electron chi connectivity index (χ2n) is 15.4. The number of thiophene rings is 1. The molecule has 2 aromatic heterocycles. The zero-order valence-electron chi connectivity index (χ0n) is 56.0. The monoisotopic (exact) mass is 845 g/mol. The number of aliphatic imine (C=N–C) groups is 1. The number of nitrogens with zero attached hydrogens (tertiary/aromatic N) is 2. The Kier molecular flexibility index (Phi) is 4.75. The summed E-state index contributed by atoms with van der Waals surface area (Å²) < 4.78 is 215. The molecule has 0 spiro atoms. The lowest BCUT2D eigenvalue weighted by Crippen LogP contribution is -2.35. The minimum Gasteiger partial charge on any atom is -0.254 e. The molecule has 0 fully saturated rings. The molecule has 8 aromatic carbocycles. The number of rotatable bonds is 6. The molecule has 2 atom stereocenters. The molecule has 13 rings (SSSR count). The summed E-state index contributed by atoms with van der Waals surface area (Å²) in [4.78, 5) is 9.10. The summed E-state index contributed by atoms with van der Waals surface area (Å²) in [5.41, 5.74) is 1.32. The summed E-state index contributed by atoms with van der Waals surface area (Å²) in [6.45, 7) is 0. The quantitative estimate of drug-likeness (QED) is 0.153. The maximum atomic E-state index is 10.4. The zero-order chi connectivity index (χ0) is 61.4. The van der Waals surface area contributed by atoms with Crippen molar-refractivity contribution < 1.29 is 31.5 Å². The van der Waals surface area contributed by atoms with Crippen LogP contribution in [0.4, 0.5) is 5.69 Å². The van der Waals surface area contributed by atoms with E-state index in [1.807, 2.05) is 42.5 Å². The first-order chi connectivity index (χ1) is 40.8. The van der Waals surface area contributed by atoms with Crippen LogP contribution in [0, 0.1) is 0 Å². The molecule has 0 bridgehead atoms. The van der Waals surface area contributed by atoms with Crippen molar-refractivity contribution in [3.63, 3.8) is 0 Å². The van der Waals surface area contributed by atoms with E-state index in [1.54, 1.807) is 12.3 Å². The normalized spacial score (nSPS) is 22.9. The van der Waals surface area contributed by atoms with E-state index in [2.05, 4.69) is 4.98 Å². The van der Waals surface area contributed by atoms with Crippen LogP contribution < -0.4 is 10.4 Å². The van der Waals surface area contributed by atoms with Crippen LogP contribution >= 0.6 is 11.3 Å². The topological polar surface area (TPSA) is 25.2 Å². The number of pyridine rings is 1. The van der Waals surface area contributed by atoms with Crippen LogP contribution in [-0.4, -0.2) is 10.7 Å². The molecule has 2 nitrogen and oxygen atoms in total. The summed E-state index contributed by atoms with van der Waals surface area (Å²) in [6.07, 6.45) is 0.129. The summed E-state index contributed by atoms with van der Waals surface area (Å²) in [5, 5.41) is 0.114. The van der Waals surface area contributed by atoms with Gasteiger partial charge in [0.05, 0.1) is 40.0 Å². The Hall–Kier alpha value is -7.20. The first-order valence-electron chi connectivity index (χ1n) is 32.0. The average molecular weight is 846 g/mol. The Morgan fingerprint density at radius 2 is 1.27 bits per heavy atom. The molecular weight excluding hydrogens is 781 g/mol. The van der Waals surface area contributed by atoms with Crippen molar-refractivity contribution in [2.24, 2.45) is 4.99 Å². The lowest BCUT2D eigenvalue weighted by molar-refractivity contribution is 0.951. The van der Waals surface area contributed by atoms with Gasteiger partial charge in [0.25, 0.3) is 0 Å². The van der Waals surface area contributed by atoms with E-state index in [0.29, 0.717) is 41.4 Å². The van der Waals surface area contributed by atoms with Crippen LogP contribution in [0.1, 0.15) is 74.0 Å². The van der Waals surface area contributed by atoms with Crippen LogP contribution in [0.25, 0.3) is 92.6 Å². The minimum absolute atomic E-state index is 0.00933. The number of benzene rings is 8. The Morgan fingerprint density at radius 1 is 0.571 bits per heavy atom. The number of hydrogen-bond donors (Lipinski definition) is 0. The molecule has 0 saturated heterocycles. The van der Waals surface area contributed by atoms with Gasteiger partial charge in [0.1, 0.15) is 0 Å². The molecule has 3 aliphatic rings. The van der Waals surface area contributed by atoms with Crippen molar-refractivity contribution in [2.45, 2.75) is 38.5 Å². The van der Waals surface area contributed by atoms with Gasteiger partial charge in [-0.05, 0) is 126 Å². The van der Waals surface area contributed by atoms with Gasteiger partial charge < -0.3 is 0 Å². The minimum atomic E-state index is -1.80. The van der Waals surface area contributed by atoms with Gasteiger partial charge >= 0.3 is 0 Å². The maximum Gasteiger partial charge on any atom is 0.0961 e. The lowest BCUT2D eigenvalue weighted by Gasteiger charge is -2.24. The third kappa shape index (κ3) is 5.91. The number of aromatic nitrogens is 1. The highest BCUT2D eigenvalue weighted by Gasteiger charge is 2.28. The molecule has 63 heavy (non-hydrogen) atoms. The Bertz CT molecular complexity index is 4980. The van der Waals surface area contributed by atoms with E-state index >= 15 is 0 Å². The predicted molar refractivity (Wildman–Crippen MR) is 269 cm³/mol. The summed E-state index contributed by atoms with van der Waals surface area (Å²) >= 11 is 0.527. The summed E-state index contributed by atoms with van der Waals surface area (Å²) in [5.74, 6) is 0. The molecule has 10 aromatic rings. The van der Waals surface area contributed by atoms with Crippen molar-refractivity contribution in [2.75, 3.05) is 0 Å². The molecule has 3 heterocycles. The standard InChI is InChI=1S/C60H42N2S/c1-3-12-37(13-4-1)55-56(38-14-5-2-6-15-38)60(51-31-28-41-24-23-39-16-9-17-40-27-30-50(51)54(41)53(39)40)63-59(55)45-19-10-18-44(36-45)46-32-33-49(48-22-8-7-21-47(46)48)52-34-29-43-26-25-42-20-11-35-61-57(42)58(43)62-52/h1-9,11-17,19-28,30-31,35-36H,10,18,29,32-34H2/i1D,2D,3D,4D,5D,6D,9D,10D,12D,13D,14D,15D,16D,17D,18D,19D,23D,24D,27D,28D,30D,31D,36D. The number of fused-ring (bicyclic) bond motifs is 4. The van der Waals surface area contributed by atoms with Gasteiger partial charge in [0.15, 0.2) is 0 Å². The molecule has 0 amide bonds. The number of hydrogen-bond acceptors (Lipinski definition) is 3. The van der Waals surface area contributed by atoms with Gasteiger partial charge in [-0.25, -0.2) is 0 Å². The molecule has 0 radical (unpaired) electrons. The highest BCUT2D eigenvalue weighted by Crippen LogP contribution is 2.53. The molecule has 2 aliphatic carbocycles. The number of aryl methyl sites for hydroxylation is 1. The largest absolute Gasteiger partial charge is 0.254 e. The molecule has 0 saturated carbocycles. The van der Waals surface area contributed by atoms with E-state index in [0.717, 1.165) is 38.7 Å². The SMILES string of the molecule is [2H]C1=C(C2=c3ccccc3=C(C3=Nc4c(ccc5cccnc45)CC3)CC2)C([2H])C([2H])C([2H])=C1c1sc(-c2c([2H])c([2H])c3c([2H])c([2H])c4c([2H])c([2H])c([2H])c5c([2H])c([2H])c2c3c45)c(-c2c([2H])c([2H])c([2H])c([2H])c2[2H])c1-c1c([2H])c([2H])c([2H])c([2H])c1[2H]. The summed E-state index contributed by atoms with van der Waals surface area (Å²) in [7, 11) is 0. The van der Waals surface area contributed by atoms with Crippen LogP contribution in [0.2, 0.25) is 0 Å². The molecule has 2 unspecified atom stereocenters. The van der Waals surface area contributed by atoms with Gasteiger partial charge in [-0.3, -0.25) is 9.98 Å². The van der Waals surface area contributed by atoms with Gasteiger partial charge in [0, 0.05) is 46.5 Å². The van der Waals surface area contributed by atoms with E-state index in [-0.39, 0.29) is 38.4 Å². The molecule has 3 heteroatoms. The van der Waals surface area contributed by atoms with Crippen molar-refractivity contribution in [1.29, 1.82) is 0 Å². The van der Waals surface area contributed by atoms with Crippen LogP contribution in [0.15, 0.2) is 192 Å². The zero-order valence-corrected chi connectivity index (χ0v) is 33.8. The number of allylic oxidation sites excluding steroid dienone is 4. The predicted octanol–water partition coefficient (Wildman–Crippen LogP) is 14.8. The van der Waals surface area contributed by atoms with E-state index in [9.17, 15) is 17.8 Å². The summed E-state index contributed by atoms with van der Waals surface area (Å²) in [6, 6.07) is -1.55. The van der Waals surface area contributed by atoms with Crippen LogP contribution in [0.5, 0.6) is 0 Å². The fourth-order valence-electron chi connectivity index (χ4n) is 9.23. The average Bonchev–Trinajstić information content (AvgIpc) is 1.14. The highest BCUT2D eigenvalue weighted by molar-refractivity contribution is 7.18. The van der Waals surface area contributed by atoms with Gasteiger partial charge in [0.2, 0.25) is 0 Å². The second-order valence-corrected chi connectivity index (χ2v) is 16.4. The molecule has 1 aliphatic heterocycles. The van der Waals surface area contributed by atoms with E-state index < -0.39 is 189 Å². The Labute approximate surface area is 402 Å². The van der Waals surface area contributed by atoms with Crippen molar-refractivity contribution in [1.82, 2.24) is 4.98 Å². The smallest absolute Gasteiger partial charge is 0.0961 e. The van der Waals surface area contributed by atoms with Crippen molar-refractivity contribution >= 4 is 82.7 Å². The lowest BCUT2D eigenvalue weighted by atomic mass is 9.82. The highest BCUT2D eigenvalue weighted by atomic mass is 32.1.